The fourth-order valence-corrected chi connectivity index (χ4v) is 2.26. The Morgan fingerprint density at radius 3 is 2.25 bits per heavy atom. The summed E-state index contributed by atoms with van der Waals surface area (Å²) in [5, 5.41) is 0. The third kappa shape index (κ3) is 3.63. The molecule has 0 saturated carbocycles. The highest BCUT2D eigenvalue weighted by molar-refractivity contribution is 5.79. The van der Waals surface area contributed by atoms with E-state index in [0.29, 0.717) is 42.5 Å². The summed E-state index contributed by atoms with van der Waals surface area (Å²) in [7, 11) is 3.22. The molecule has 110 valence electrons. The number of carbonyl (C=O) groups excluding carboxylic acids is 1. The summed E-state index contributed by atoms with van der Waals surface area (Å²) < 4.78 is 16.4. The SMILES string of the molecule is COc1cccc(OC)c1OCCN1CCC(=O)CC1. The highest BCUT2D eigenvalue weighted by Crippen LogP contribution is 2.36. The molecule has 1 saturated heterocycles. The van der Waals surface area contributed by atoms with Gasteiger partial charge in [-0.1, -0.05) is 6.07 Å². The first-order valence-electron chi connectivity index (χ1n) is 6.82. The predicted octanol–water partition coefficient (Wildman–Crippen LogP) is 1.75. The van der Waals surface area contributed by atoms with Gasteiger partial charge in [-0.2, -0.15) is 0 Å². The average Bonchev–Trinajstić information content (AvgIpc) is 2.49. The standard InChI is InChI=1S/C15H21NO4/c1-18-13-4-3-5-14(19-2)15(13)20-11-10-16-8-6-12(17)7-9-16/h3-5H,6-11H2,1-2H3. The van der Waals surface area contributed by atoms with E-state index in [9.17, 15) is 4.79 Å². The van der Waals surface area contributed by atoms with Crippen molar-refractivity contribution in [3.63, 3.8) is 0 Å². The van der Waals surface area contributed by atoms with Gasteiger partial charge in [0.05, 0.1) is 14.2 Å². The first-order valence-corrected chi connectivity index (χ1v) is 6.82. The van der Waals surface area contributed by atoms with Crippen LogP contribution in [0.3, 0.4) is 0 Å². The average molecular weight is 279 g/mol. The van der Waals surface area contributed by atoms with Crippen molar-refractivity contribution in [1.29, 1.82) is 0 Å². The molecule has 2 rings (SSSR count). The normalized spacial score (nSPS) is 16.0. The van der Waals surface area contributed by atoms with Gasteiger partial charge in [0.2, 0.25) is 5.75 Å². The molecule has 0 spiro atoms. The zero-order valence-electron chi connectivity index (χ0n) is 12.1. The monoisotopic (exact) mass is 279 g/mol. The van der Waals surface area contributed by atoms with Crippen LogP contribution < -0.4 is 14.2 Å². The second-order valence-electron chi connectivity index (χ2n) is 4.72. The minimum Gasteiger partial charge on any atom is -0.493 e. The second kappa shape index (κ2) is 7.14. The second-order valence-corrected chi connectivity index (χ2v) is 4.72. The number of nitrogens with zero attached hydrogens (tertiary/aromatic N) is 1. The molecule has 0 atom stereocenters. The molecule has 20 heavy (non-hydrogen) atoms. The van der Waals surface area contributed by atoms with Crippen LogP contribution >= 0.6 is 0 Å². The number of hydrogen-bond acceptors (Lipinski definition) is 5. The Morgan fingerprint density at radius 2 is 1.70 bits per heavy atom. The lowest BCUT2D eigenvalue weighted by molar-refractivity contribution is -0.121. The summed E-state index contributed by atoms with van der Waals surface area (Å²) in [6.07, 6.45) is 1.30. The molecule has 1 heterocycles. The van der Waals surface area contributed by atoms with Crippen LogP contribution in [0.15, 0.2) is 18.2 Å². The molecule has 0 amide bonds. The third-order valence-corrected chi connectivity index (χ3v) is 3.45. The maximum absolute atomic E-state index is 11.2. The van der Waals surface area contributed by atoms with Gasteiger partial charge in [-0.15, -0.1) is 0 Å². The number of carbonyl (C=O) groups is 1. The van der Waals surface area contributed by atoms with Gasteiger partial charge in [0.15, 0.2) is 11.5 Å². The van der Waals surface area contributed by atoms with Crippen LogP contribution in [0.1, 0.15) is 12.8 Å². The molecule has 1 aliphatic heterocycles. The molecule has 1 aliphatic rings. The molecule has 0 bridgehead atoms. The van der Waals surface area contributed by atoms with Crippen molar-refractivity contribution >= 4 is 5.78 Å². The summed E-state index contributed by atoms with van der Waals surface area (Å²) in [5.74, 6) is 2.32. The Labute approximate surface area is 119 Å². The molecule has 1 fully saturated rings. The minimum atomic E-state index is 0.355. The first-order chi connectivity index (χ1) is 9.74. The molecule has 0 unspecified atom stereocenters. The first kappa shape index (κ1) is 14.7. The molecule has 0 aromatic heterocycles. The Morgan fingerprint density at radius 1 is 1.10 bits per heavy atom. The van der Waals surface area contributed by atoms with Crippen molar-refractivity contribution in [3.8, 4) is 17.2 Å². The van der Waals surface area contributed by atoms with E-state index in [1.165, 1.54) is 0 Å². The third-order valence-electron chi connectivity index (χ3n) is 3.45. The number of methoxy groups -OCH3 is 2. The number of Topliss-reactive ketones (excluding diaryl/α,β-unsaturated/α-hetero) is 1. The van der Waals surface area contributed by atoms with Crippen LogP contribution in [0.5, 0.6) is 17.2 Å². The zero-order chi connectivity index (χ0) is 14.4. The summed E-state index contributed by atoms with van der Waals surface area (Å²) in [4.78, 5) is 13.4. The van der Waals surface area contributed by atoms with E-state index in [-0.39, 0.29) is 0 Å². The molecular formula is C15H21NO4. The molecule has 5 nitrogen and oxygen atoms in total. The highest BCUT2D eigenvalue weighted by Gasteiger charge is 2.16. The zero-order valence-corrected chi connectivity index (χ0v) is 12.1. The lowest BCUT2D eigenvalue weighted by Crippen LogP contribution is -2.36. The van der Waals surface area contributed by atoms with Crippen molar-refractivity contribution in [3.05, 3.63) is 18.2 Å². The smallest absolute Gasteiger partial charge is 0.203 e. The minimum absolute atomic E-state index is 0.355. The van der Waals surface area contributed by atoms with Crippen molar-refractivity contribution in [1.82, 2.24) is 4.90 Å². The topological polar surface area (TPSA) is 48.0 Å². The summed E-state index contributed by atoms with van der Waals surface area (Å²) in [6.45, 7) is 3.00. The molecule has 5 heteroatoms. The van der Waals surface area contributed by atoms with E-state index >= 15 is 0 Å². The van der Waals surface area contributed by atoms with E-state index in [1.807, 2.05) is 18.2 Å². The van der Waals surface area contributed by atoms with E-state index < -0.39 is 0 Å². The molecule has 1 aromatic carbocycles. The van der Waals surface area contributed by atoms with E-state index in [2.05, 4.69) is 4.90 Å². The van der Waals surface area contributed by atoms with Gasteiger partial charge in [-0.05, 0) is 12.1 Å². The molecular weight excluding hydrogens is 258 g/mol. The van der Waals surface area contributed by atoms with Crippen molar-refractivity contribution in [2.24, 2.45) is 0 Å². The maximum atomic E-state index is 11.2. The van der Waals surface area contributed by atoms with Crippen LogP contribution in [-0.2, 0) is 4.79 Å². The maximum Gasteiger partial charge on any atom is 0.203 e. The number of ether oxygens (including phenoxy) is 3. The van der Waals surface area contributed by atoms with Crippen molar-refractivity contribution in [2.45, 2.75) is 12.8 Å². The number of piperidine rings is 1. The van der Waals surface area contributed by atoms with Gasteiger partial charge in [-0.25, -0.2) is 0 Å². The Hall–Kier alpha value is -1.75. The van der Waals surface area contributed by atoms with Crippen LogP contribution in [0, 0.1) is 0 Å². The molecule has 1 aromatic rings. The van der Waals surface area contributed by atoms with Crippen LogP contribution in [0.25, 0.3) is 0 Å². The number of hydrogen-bond donors (Lipinski definition) is 0. The summed E-state index contributed by atoms with van der Waals surface area (Å²) >= 11 is 0. The van der Waals surface area contributed by atoms with E-state index in [4.69, 9.17) is 14.2 Å². The van der Waals surface area contributed by atoms with E-state index in [1.54, 1.807) is 14.2 Å². The van der Waals surface area contributed by atoms with Crippen LogP contribution in [0.4, 0.5) is 0 Å². The van der Waals surface area contributed by atoms with Gasteiger partial charge < -0.3 is 14.2 Å². The van der Waals surface area contributed by atoms with Crippen molar-refractivity contribution in [2.75, 3.05) is 40.5 Å². The molecule has 0 radical (unpaired) electrons. The van der Waals surface area contributed by atoms with E-state index in [0.717, 1.165) is 19.6 Å². The number of benzene rings is 1. The predicted molar refractivity (Wildman–Crippen MR) is 75.7 cm³/mol. The largest absolute Gasteiger partial charge is 0.493 e. The van der Waals surface area contributed by atoms with Gasteiger partial charge in [0, 0.05) is 32.5 Å². The van der Waals surface area contributed by atoms with Crippen LogP contribution in [0.2, 0.25) is 0 Å². The van der Waals surface area contributed by atoms with Crippen LogP contribution in [-0.4, -0.2) is 51.1 Å². The number of likely N-dealkylation sites (tertiary alicyclic amines) is 1. The van der Waals surface area contributed by atoms with Gasteiger partial charge >= 0.3 is 0 Å². The fraction of sp³-hybridized carbons (Fsp3) is 0.533. The Balaban J connectivity index is 1.89. The van der Waals surface area contributed by atoms with Gasteiger partial charge in [0.25, 0.3) is 0 Å². The highest BCUT2D eigenvalue weighted by atomic mass is 16.5. The summed E-state index contributed by atoms with van der Waals surface area (Å²) in [5.41, 5.74) is 0. The Kier molecular flexibility index (Phi) is 5.24. The van der Waals surface area contributed by atoms with Gasteiger partial charge in [0.1, 0.15) is 12.4 Å². The number of para-hydroxylation sites is 1. The lowest BCUT2D eigenvalue weighted by atomic mass is 10.1. The molecule has 0 aliphatic carbocycles. The fourth-order valence-electron chi connectivity index (χ4n) is 2.26. The van der Waals surface area contributed by atoms with Gasteiger partial charge in [-0.3, -0.25) is 9.69 Å². The Bertz CT molecular complexity index is 429. The molecule has 0 N–H and O–H groups in total. The number of ketones is 1. The summed E-state index contributed by atoms with van der Waals surface area (Å²) in [6, 6.07) is 5.55. The van der Waals surface area contributed by atoms with Crippen molar-refractivity contribution < 1.29 is 19.0 Å². The lowest BCUT2D eigenvalue weighted by Gasteiger charge is -2.25. The quantitative estimate of drug-likeness (QED) is 0.794. The number of rotatable bonds is 6.